The molecule has 1 heterocycles. The minimum Gasteiger partial charge on any atom is -0.390 e. The van der Waals surface area contributed by atoms with Gasteiger partial charge >= 0.3 is 0 Å². The molecule has 0 aromatic heterocycles. The van der Waals surface area contributed by atoms with Gasteiger partial charge in [-0.05, 0) is 33.1 Å². The Morgan fingerprint density at radius 3 is 2.83 bits per heavy atom. The second kappa shape index (κ2) is 8.33. The van der Waals surface area contributed by atoms with E-state index in [1.807, 2.05) is 0 Å². The maximum atomic E-state index is 9.22. The lowest BCUT2D eigenvalue weighted by Gasteiger charge is -2.36. The van der Waals surface area contributed by atoms with Crippen LogP contribution in [0.25, 0.3) is 0 Å². The molecule has 1 aliphatic heterocycles. The van der Waals surface area contributed by atoms with Crippen LogP contribution in [0.1, 0.15) is 46.0 Å². The quantitative estimate of drug-likeness (QED) is 0.376. The number of hydrogen-bond acceptors (Lipinski definition) is 2. The largest absolute Gasteiger partial charge is 0.390 e. The highest BCUT2D eigenvalue weighted by Gasteiger charge is 2.35. The van der Waals surface area contributed by atoms with Gasteiger partial charge in [0, 0.05) is 6.42 Å². The molecule has 2 atom stereocenters. The smallest absolute Gasteiger partial charge is 0.166 e. The molecule has 0 bridgehead atoms. The zero-order chi connectivity index (χ0) is 13.3. The molecule has 2 unspecified atom stereocenters. The maximum absolute atomic E-state index is 9.22. The van der Waals surface area contributed by atoms with E-state index in [4.69, 9.17) is 0 Å². The number of nitrogens with one attached hydrogen (secondary N) is 1. The van der Waals surface area contributed by atoms with Gasteiger partial charge in [0.1, 0.15) is 12.7 Å². The molecule has 1 aliphatic rings. The summed E-state index contributed by atoms with van der Waals surface area (Å²) in [5.41, 5.74) is 0. The van der Waals surface area contributed by atoms with Gasteiger partial charge in [0.2, 0.25) is 0 Å². The highest BCUT2D eigenvalue weighted by molar-refractivity contribution is 4.84. The van der Waals surface area contributed by atoms with Gasteiger partial charge in [-0.3, -0.25) is 4.48 Å². The molecule has 1 rings (SSSR count). The monoisotopic (exact) mass is 253 g/mol. The Hall–Kier alpha value is -0.800. The standard InChI is InChI=1S/C15H29N2O/c1-3-5-6-7-8-9-10-15-16-11-12-17(15,4-2)13-14-18/h3,5,11-12,15-16,18H,4,6-10,13-14H2,1-2H3/q+1/b5-3+. The Labute approximate surface area is 112 Å². The second-order valence-corrected chi connectivity index (χ2v) is 5.07. The molecule has 3 nitrogen and oxygen atoms in total. The normalized spacial score (nSPS) is 26.9. The number of likely N-dealkylation sites (N-methyl/N-ethyl adjacent to an activating group) is 1. The molecule has 0 saturated carbocycles. The van der Waals surface area contributed by atoms with E-state index in [2.05, 4.69) is 43.7 Å². The van der Waals surface area contributed by atoms with Crippen molar-refractivity contribution in [3.05, 3.63) is 24.6 Å². The van der Waals surface area contributed by atoms with E-state index in [0.717, 1.165) is 17.6 Å². The maximum Gasteiger partial charge on any atom is 0.166 e. The molecule has 0 spiro atoms. The fourth-order valence-corrected chi connectivity index (χ4v) is 2.74. The van der Waals surface area contributed by atoms with Gasteiger partial charge in [0.15, 0.2) is 6.17 Å². The third kappa shape index (κ3) is 4.14. The number of aliphatic hydroxyl groups excluding tert-OH is 1. The lowest BCUT2D eigenvalue weighted by Crippen LogP contribution is -2.54. The Balaban J connectivity index is 2.28. The lowest BCUT2D eigenvalue weighted by molar-refractivity contribution is -0.900. The van der Waals surface area contributed by atoms with Gasteiger partial charge in [0.05, 0.1) is 19.4 Å². The number of aliphatic hydroxyl groups is 1. The summed E-state index contributed by atoms with van der Waals surface area (Å²) in [4.78, 5) is 0. The molecule has 0 fully saturated rings. The lowest BCUT2D eigenvalue weighted by atomic mass is 10.1. The van der Waals surface area contributed by atoms with Crippen LogP contribution in [0.5, 0.6) is 0 Å². The first kappa shape index (κ1) is 15.3. The summed E-state index contributed by atoms with van der Waals surface area (Å²) in [6, 6.07) is 0. The summed E-state index contributed by atoms with van der Waals surface area (Å²) >= 11 is 0. The number of quaternary nitrogens is 1. The van der Waals surface area contributed by atoms with Crippen molar-refractivity contribution in [2.24, 2.45) is 0 Å². The summed E-state index contributed by atoms with van der Waals surface area (Å²) < 4.78 is 0.894. The van der Waals surface area contributed by atoms with Gasteiger partial charge in [-0.15, -0.1) is 0 Å². The molecule has 104 valence electrons. The van der Waals surface area contributed by atoms with Crippen LogP contribution in [0.15, 0.2) is 24.6 Å². The Bertz CT molecular complexity index is 276. The first-order valence-electron chi connectivity index (χ1n) is 7.31. The fourth-order valence-electron chi connectivity index (χ4n) is 2.74. The van der Waals surface area contributed by atoms with E-state index in [1.54, 1.807) is 0 Å². The summed E-state index contributed by atoms with van der Waals surface area (Å²) in [5, 5.41) is 12.7. The zero-order valence-electron chi connectivity index (χ0n) is 11.9. The zero-order valence-corrected chi connectivity index (χ0v) is 11.9. The van der Waals surface area contributed by atoms with Crippen molar-refractivity contribution in [3.8, 4) is 0 Å². The Morgan fingerprint density at radius 1 is 1.33 bits per heavy atom. The van der Waals surface area contributed by atoms with E-state index in [-0.39, 0.29) is 6.61 Å². The summed E-state index contributed by atoms with van der Waals surface area (Å²) in [6.07, 6.45) is 15.3. The Morgan fingerprint density at radius 2 is 2.17 bits per heavy atom. The van der Waals surface area contributed by atoms with Crippen LogP contribution in [-0.4, -0.2) is 35.5 Å². The predicted molar refractivity (Wildman–Crippen MR) is 76.7 cm³/mol. The Kier molecular flexibility index (Phi) is 7.06. The van der Waals surface area contributed by atoms with Gasteiger partial charge in [-0.25, -0.2) is 0 Å². The van der Waals surface area contributed by atoms with E-state index >= 15 is 0 Å². The van der Waals surface area contributed by atoms with E-state index in [1.165, 1.54) is 32.1 Å². The highest BCUT2D eigenvalue weighted by Crippen LogP contribution is 2.22. The second-order valence-electron chi connectivity index (χ2n) is 5.07. The van der Waals surface area contributed by atoms with Crippen molar-refractivity contribution in [1.29, 1.82) is 0 Å². The van der Waals surface area contributed by atoms with Crippen LogP contribution >= 0.6 is 0 Å². The molecule has 0 saturated heterocycles. The van der Waals surface area contributed by atoms with Gasteiger partial charge in [-0.1, -0.05) is 18.6 Å². The molecular formula is C15H29N2O+. The topological polar surface area (TPSA) is 32.3 Å². The molecule has 0 aliphatic carbocycles. The molecule has 0 radical (unpaired) electrons. The number of allylic oxidation sites excluding steroid dienone is 2. The van der Waals surface area contributed by atoms with Crippen molar-refractivity contribution < 1.29 is 9.59 Å². The van der Waals surface area contributed by atoms with E-state index in [0.29, 0.717) is 6.17 Å². The fraction of sp³-hybridized carbons (Fsp3) is 0.733. The van der Waals surface area contributed by atoms with Crippen molar-refractivity contribution in [3.63, 3.8) is 0 Å². The number of rotatable bonds is 9. The first-order valence-corrected chi connectivity index (χ1v) is 7.31. The molecule has 3 heteroatoms. The molecule has 0 aromatic rings. The van der Waals surface area contributed by atoms with Crippen LogP contribution < -0.4 is 5.32 Å². The van der Waals surface area contributed by atoms with Crippen LogP contribution in [-0.2, 0) is 0 Å². The third-order valence-corrected chi connectivity index (χ3v) is 3.97. The molecule has 0 aromatic carbocycles. The SMILES string of the molecule is C/C=C/CCCCCC1NC=C[N+]1(CC)CCO. The van der Waals surface area contributed by atoms with Crippen LogP contribution in [0.2, 0.25) is 0 Å². The van der Waals surface area contributed by atoms with Gasteiger partial charge < -0.3 is 10.4 Å². The van der Waals surface area contributed by atoms with Crippen LogP contribution in [0.3, 0.4) is 0 Å². The number of nitrogens with zero attached hydrogens (tertiary/aromatic N) is 1. The average molecular weight is 253 g/mol. The van der Waals surface area contributed by atoms with Crippen LogP contribution in [0.4, 0.5) is 0 Å². The summed E-state index contributed by atoms with van der Waals surface area (Å²) in [5.74, 6) is 0. The van der Waals surface area contributed by atoms with Crippen molar-refractivity contribution in [2.75, 3.05) is 19.7 Å². The molecule has 18 heavy (non-hydrogen) atoms. The number of hydrogen-bond donors (Lipinski definition) is 2. The molecule has 2 N–H and O–H groups in total. The molecule has 0 amide bonds. The first-order chi connectivity index (χ1) is 8.79. The van der Waals surface area contributed by atoms with E-state index < -0.39 is 0 Å². The summed E-state index contributed by atoms with van der Waals surface area (Å²) in [6.45, 7) is 6.41. The minimum absolute atomic E-state index is 0.262. The van der Waals surface area contributed by atoms with Crippen molar-refractivity contribution in [1.82, 2.24) is 5.32 Å². The highest BCUT2D eigenvalue weighted by atomic mass is 16.3. The van der Waals surface area contributed by atoms with Crippen molar-refractivity contribution >= 4 is 0 Å². The van der Waals surface area contributed by atoms with E-state index in [9.17, 15) is 5.11 Å². The molecular weight excluding hydrogens is 224 g/mol. The van der Waals surface area contributed by atoms with Gasteiger partial charge in [0.25, 0.3) is 0 Å². The van der Waals surface area contributed by atoms with Crippen molar-refractivity contribution in [2.45, 2.75) is 52.1 Å². The minimum atomic E-state index is 0.262. The van der Waals surface area contributed by atoms with Gasteiger partial charge in [-0.2, -0.15) is 0 Å². The van der Waals surface area contributed by atoms with Crippen LogP contribution in [0, 0.1) is 0 Å². The summed E-state index contributed by atoms with van der Waals surface area (Å²) in [7, 11) is 0. The third-order valence-electron chi connectivity index (χ3n) is 3.97. The predicted octanol–water partition coefficient (Wildman–Crippen LogP) is 2.74. The number of unbranched alkanes of at least 4 members (excludes halogenated alkanes) is 3. The average Bonchev–Trinajstić information content (AvgIpc) is 2.78.